The predicted octanol–water partition coefficient (Wildman–Crippen LogP) is -2.85. The van der Waals surface area contributed by atoms with Gasteiger partial charge in [0.25, 0.3) is 0 Å². The lowest BCUT2D eigenvalue weighted by Gasteiger charge is -2.27. The first-order valence-electron chi connectivity index (χ1n) is 8.57. The third kappa shape index (κ3) is 7.89. The van der Waals surface area contributed by atoms with Gasteiger partial charge in [0, 0.05) is 0 Å². The molecule has 0 rings (SSSR count). The Kier molecular flexibility index (Phi) is 10.5. The minimum atomic E-state index is -1.38. The zero-order valence-electron chi connectivity index (χ0n) is 15.9. The Balaban J connectivity index is 5.16. The van der Waals surface area contributed by atoms with Crippen molar-refractivity contribution in [3.05, 3.63) is 0 Å². The second-order valence-corrected chi connectivity index (χ2v) is 6.83. The fraction of sp³-hybridized carbons (Fsp3) is 0.750. The van der Waals surface area contributed by atoms with Gasteiger partial charge in [-0.05, 0) is 11.8 Å². The third-order valence-corrected chi connectivity index (χ3v) is 3.83. The number of nitrogens with one attached hydrogen (secondary N) is 3. The molecule has 156 valence electrons. The molecule has 3 amide bonds. The molecule has 0 bridgehead atoms. The first-order valence-corrected chi connectivity index (χ1v) is 8.57. The molecule has 4 atom stereocenters. The van der Waals surface area contributed by atoms with E-state index in [1.54, 1.807) is 27.7 Å². The van der Waals surface area contributed by atoms with Gasteiger partial charge in [0.15, 0.2) is 0 Å². The Morgan fingerprint density at radius 1 is 0.778 bits per heavy atom. The Labute approximate surface area is 157 Å². The third-order valence-electron chi connectivity index (χ3n) is 3.83. The molecule has 0 aliphatic rings. The number of aliphatic hydroxyl groups excluding tert-OH is 2. The second kappa shape index (κ2) is 11.5. The van der Waals surface area contributed by atoms with Crippen molar-refractivity contribution in [2.45, 2.75) is 51.9 Å². The van der Waals surface area contributed by atoms with Crippen molar-refractivity contribution in [3.8, 4) is 0 Å². The molecule has 0 saturated carbocycles. The van der Waals surface area contributed by atoms with Crippen LogP contribution in [0.3, 0.4) is 0 Å². The van der Waals surface area contributed by atoms with E-state index in [4.69, 9.17) is 10.8 Å². The van der Waals surface area contributed by atoms with Crippen molar-refractivity contribution >= 4 is 23.7 Å². The lowest BCUT2D eigenvalue weighted by molar-refractivity contribution is -0.144. The molecule has 0 radical (unpaired) electrons. The fourth-order valence-electron chi connectivity index (χ4n) is 2.10. The molecular formula is C16H30N4O7. The minimum Gasteiger partial charge on any atom is -0.480 e. The molecule has 0 aromatic carbocycles. The van der Waals surface area contributed by atoms with Crippen LogP contribution in [0.4, 0.5) is 0 Å². The Bertz CT molecular complexity index is 539. The summed E-state index contributed by atoms with van der Waals surface area (Å²) in [7, 11) is 0. The van der Waals surface area contributed by atoms with Gasteiger partial charge >= 0.3 is 5.97 Å². The van der Waals surface area contributed by atoms with E-state index in [0.29, 0.717) is 0 Å². The van der Waals surface area contributed by atoms with Crippen LogP contribution in [0.25, 0.3) is 0 Å². The van der Waals surface area contributed by atoms with E-state index < -0.39 is 67.0 Å². The van der Waals surface area contributed by atoms with E-state index in [0.717, 1.165) is 0 Å². The summed E-state index contributed by atoms with van der Waals surface area (Å²) in [4.78, 5) is 47.7. The van der Waals surface area contributed by atoms with Crippen LogP contribution in [-0.2, 0) is 19.2 Å². The summed E-state index contributed by atoms with van der Waals surface area (Å²) in [5.41, 5.74) is 5.33. The summed E-state index contributed by atoms with van der Waals surface area (Å²) in [6.45, 7) is 5.14. The largest absolute Gasteiger partial charge is 0.480 e. The molecule has 0 aliphatic heterocycles. The summed E-state index contributed by atoms with van der Waals surface area (Å²) >= 11 is 0. The van der Waals surface area contributed by atoms with Crippen LogP contribution < -0.4 is 21.7 Å². The second-order valence-electron chi connectivity index (χ2n) is 6.83. The first kappa shape index (κ1) is 24.8. The van der Waals surface area contributed by atoms with Crippen LogP contribution in [0.5, 0.6) is 0 Å². The smallest absolute Gasteiger partial charge is 0.326 e. The summed E-state index contributed by atoms with van der Waals surface area (Å²) < 4.78 is 0. The topological polar surface area (TPSA) is 191 Å². The number of rotatable bonds is 11. The zero-order valence-corrected chi connectivity index (χ0v) is 15.9. The van der Waals surface area contributed by atoms with E-state index in [-0.39, 0.29) is 5.92 Å². The number of aliphatic hydroxyl groups is 2. The molecule has 4 unspecified atom stereocenters. The lowest BCUT2D eigenvalue weighted by atomic mass is 10.00. The van der Waals surface area contributed by atoms with Crippen molar-refractivity contribution in [3.63, 3.8) is 0 Å². The van der Waals surface area contributed by atoms with Crippen molar-refractivity contribution in [2.75, 3.05) is 13.2 Å². The van der Waals surface area contributed by atoms with Crippen molar-refractivity contribution in [1.29, 1.82) is 0 Å². The number of amides is 3. The molecule has 0 heterocycles. The summed E-state index contributed by atoms with van der Waals surface area (Å²) in [5, 5.41) is 34.3. The normalized spacial score (nSPS) is 15.6. The summed E-state index contributed by atoms with van der Waals surface area (Å²) in [6.07, 6.45) is 0. The molecule has 0 aromatic heterocycles. The molecule has 27 heavy (non-hydrogen) atoms. The number of hydrogen-bond acceptors (Lipinski definition) is 7. The summed E-state index contributed by atoms with van der Waals surface area (Å²) in [5.74, 6) is -4.37. The highest BCUT2D eigenvalue weighted by atomic mass is 16.4. The van der Waals surface area contributed by atoms with Crippen LogP contribution in [0.2, 0.25) is 0 Å². The molecular weight excluding hydrogens is 360 g/mol. The van der Waals surface area contributed by atoms with Gasteiger partial charge in [-0.3, -0.25) is 14.4 Å². The zero-order chi connectivity index (χ0) is 21.3. The van der Waals surface area contributed by atoms with Crippen LogP contribution in [0.15, 0.2) is 0 Å². The van der Waals surface area contributed by atoms with E-state index >= 15 is 0 Å². The standard InChI is InChI=1S/C16H30N4O7/c1-7(2)11(15(25)20-12(8(3)4)16(26)27)19-14(24)10(6-22)18-13(23)9(17)5-21/h7-12,21-22H,5-6,17H2,1-4H3,(H,18,23)(H,19,24)(H,20,25)(H,26,27). The van der Waals surface area contributed by atoms with Crippen LogP contribution >= 0.6 is 0 Å². The molecule has 0 saturated heterocycles. The number of hydrogen-bond donors (Lipinski definition) is 7. The van der Waals surface area contributed by atoms with Gasteiger partial charge in [0.2, 0.25) is 17.7 Å². The average molecular weight is 390 g/mol. The van der Waals surface area contributed by atoms with Crippen LogP contribution in [-0.4, -0.2) is 76.4 Å². The maximum atomic E-state index is 12.4. The average Bonchev–Trinajstić information content (AvgIpc) is 2.59. The Hall–Kier alpha value is -2.24. The number of carboxylic acid groups (broad SMARTS) is 1. The van der Waals surface area contributed by atoms with Gasteiger partial charge in [0.05, 0.1) is 13.2 Å². The molecule has 11 heteroatoms. The van der Waals surface area contributed by atoms with Gasteiger partial charge in [-0.25, -0.2) is 4.79 Å². The van der Waals surface area contributed by atoms with Crippen molar-refractivity contribution < 1.29 is 34.5 Å². The number of carbonyl (C=O) groups excluding carboxylic acids is 3. The number of carbonyl (C=O) groups is 4. The molecule has 0 spiro atoms. The fourth-order valence-corrected chi connectivity index (χ4v) is 2.10. The van der Waals surface area contributed by atoms with Gasteiger partial charge in [-0.1, -0.05) is 27.7 Å². The Morgan fingerprint density at radius 2 is 1.26 bits per heavy atom. The quantitative estimate of drug-likeness (QED) is 0.196. The molecule has 11 nitrogen and oxygen atoms in total. The molecule has 8 N–H and O–H groups in total. The van der Waals surface area contributed by atoms with Gasteiger partial charge < -0.3 is 37.0 Å². The highest BCUT2D eigenvalue weighted by Gasteiger charge is 2.32. The summed E-state index contributed by atoms with van der Waals surface area (Å²) in [6, 6.07) is -4.87. The molecule has 0 fully saturated rings. The highest BCUT2D eigenvalue weighted by Crippen LogP contribution is 2.07. The van der Waals surface area contributed by atoms with Crippen LogP contribution in [0.1, 0.15) is 27.7 Å². The molecule has 0 aromatic rings. The van der Waals surface area contributed by atoms with E-state index in [1.807, 2.05) is 0 Å². The lowest BCUT2D eigenvalue weighted by Crippen LogP contribution is -2.59. The van der Waals surface area contributed by atoms with Crippen molar-refractivity contribution in [1.82, 2.24) is 16.0 Å². The van der Waals surface area contributed by atoms with E-state index in [1.165, 1.54) is 0 Å². The molecule has 0 aliphatic carbocycles. The monoisotopic (exact) mass is 390 g/mol. The minimum absolute atomic E-state index is 0.376. The Morgan fingerprint density at radius 3 is 1.63 bits per heavy atom. The highest BCUT2D eigenvalue weighted by molar-refractivity contribution is 5.94. The maximum absolute atomic E-state index is 12.4. The van der Waals surface area contributed by atoms with E-state index in [9.17, 15) is 29.4 Å². The van der Waals surface area contributed by atoms with Crippen LogP contribution in [0, 0.1) is 11.8 Å². The van der Waals surface area contributed by atoms with Crippen molar-refractivity contribution in [2.24, 2.45) is 17.6 Å². The predicted molar refractivity (Wildman–Crippen MR) is 95.3 cm³/mol. The first-order chi connectivity index (χ1) is 12.5. The number of aliphatic carboxylic acids is 1. The van der Waals surface area contributed by atoms with Gasteiger partial charge in [-0.2, -0.15) is 0 Å². The maximum Gasteiger partial charge on any atom is 0.326 e. The van der Waals surface area contributed by atoms with Gasteiger partial charge in [0.1, 0.15) is 24.2 Å². The van der Waals surface area contributed by atoms with Gasteiger partial charge in [-0.15, -0.1) is 0 Å². The SMILES string of the molecule is CC(C)C(NC(=O)C(NC(=O)C(CO)NC(=O)C(N)CO)C(C)C)C(=O)O. The number of carboxylic acids is 1. The van der Waals surface area contributed by atoms with E-state index in [2.05, 4.69) is 16.0 Å². The number of nitrogens with two attached hydrogens (primary N) is 1.